The molecule has 2 aromatic rings. The fraction of sp³-hybridized carbons (Fsp3) is 0.217. The number of carbonyl (C=O) groups excluding carboxylic acids is 2. The molecule has 0 N–H and O–H groups in total. The zero-order chi connectivity index (χ0) is 19.6. The van der Waals surface area contributed by atoms with Gasteiger partial charge in [0, 0.05) is 23.3 Å². The van der Waals surface area contributed by atoms with E-state index in [4.69, 9.17) is 9.47 Å². The van der Waals surface area contributed by atoms with Crippen molar-refractivity contribution in [1.82, 2.24) is 0 Å². The molecular weight excluding hydrogens is 340 g/mol. The van der Waals surface area contributed by atoms with Crippen LogP contribution < -0.4 is 9.47 Å². The number of ketones is 1. The van der Waals surface area contributed by atoms with Crippen molar-refractivity contribution in [2.75, 3.05) is 7.11 Å². The summed E-state index contributed by atoms with van der Waals surface area (Å²) < 4.78 is 10.4. The van der Waals surface area contributed by atoms with Crippen LogP contribution in [0.1, 0.15) is 41.3 Å². The lowest BCUT2D eigenvalue weighted by Gasteiger charge is -2.08. The second-order valence-electron chi connectivity index (χ2n) is 6.03. The molecule has 0 aliphatic heterocycles. The molecule has 0 saturated heterocycles. The van der Waals surface area contributed by atoms with Gasteiger partial charge in [0.1, 0.15) is 11.5 Å². The molecular formula is C23H24O4. The molecule has 0 radical (unpaired) electrons. The number of hydrogen-bond acceptors (Lipinski definition) is 4. The Balaban J connectivity index is 2.17. The molecule has 0 fully saturated rings. The quantitative estimate of drug-likeness (QED) is 0.271. The molecule has 2 aromatic carbocycles. The van der Waals surface area contributed by atoms with Gasteiger partial charge in [-0.3, -0.25) is 4.79 Å². The lowest BCUT2D eigenvalue weighted by atomic mass is 10.0. The summed E-state index contributed by atoms with van der Waals surface area (Å²) in [5.74, 6) is 0.159. The zero-order valence-electron chi connectivity index (χ0n) is 15.7. The predicted molar refractivity (Wildman–Crippen MR) is 107 cm³/mol. The maximum Gasteiger partial charge on any atom is 0.335 e. The number of methoxy groups -OCH3 is 1. The SMILES string of the molecule is C=CC(=O)Oc1cc(OC)ccc1C=CC(=O)c1ccc(CCCC)cc1. The Morgan fingerprint density at radius 3 is 2.48 bits per heavy atom. The molecule has 27 heavy (non-hydrogen) atoms. The Labute approximate surface area is 160 Å². The van der Waals surface area contributed by atoms with E-state index in [1.807, 2.05) is 24.3 Å². The molecule has 0 aliphatic carbocycles. The Bertz CT molecular complexity index is 832. The highest BCUT2D eigenvalue weighted by molar-refractivity contribution is 6.07. The van der Waals surface area contributed by atoms with Gasteiger partial charge in [0.2, 0.25) is 0 Å². The summed E-state index contributed by atoms with van der Waals surface area (Å²) in [6.45, 7) is 5.55. The number of esters is 1. The summed E-state index contributed by atoms with van der Waals surface area (Å²) in [6.07, 6.45) is 7.47. The van der Waals surface area contributed by atoms with Crippen LogP contribution >= 0.6 is 0 Å². The summed E-state index contributed by atoms with van der Waals surface area (Å²) >= 11 is 0. The van der Waals surface area contributed by atoms with Crippen molar-refractivity contribution in [3.63, 3.8) is 0 Å². The van der Waals surface area contributed by atoms with Crippen molar-refractivity contribution in [2.45, 2.75) is 26.2 Å². The number of allylic oxidation sites excluding steroid dienone is 1. The van der Waals surface area contributed by atoms with Crippen LogP contribution in [0.15, 0.2) is 61.2 Å². The van der Waals surface area contributed by atoms with E-state index in [0.717, 1.165) is 25.3 Å². The van der Waals surface area contributed by atoms with Crippen LogP contribution in [-0.4, -0.2) is 18.9 Å². The molecule has 0 unspecified atom stereocenters. The van der Waals surface area contributed by atoms with E-state index >= 15 is 0 Å². The highest BCUT2D eigenvalue weighted by atomic mass is 16.5. The smallest absolute Gasteiger partial charge is 0.335 e. The number of carbonyl (C=O) groups is 2. The van der Waals surface area contributed by atoms with E-state index in [2.05, 4.69) is 13.5 Å². The largest absolute Gasteiger partial charge is 0.497 e. The number of ether oxygens (including phenoxy) is 2. The molecule has 0 spiro atoms. The Hall–Kier alpha value is -3.14. The van der Waals surface area contributed by atoms with Gasteiger partial charge in [-0.2, -0.15) is 0 Å². The fourth-order valence-electron chi connectivity index (χ4n) is 2.50. The van der Waals surface area contributed by atoms with Crippen LogP contribution in [-0.2, 0) is 11.2 Å². The molecule has 0 aromatic heterocycles. The maximum atomic E-state index is 12.4. The normalized spacial score (nSPS) is 10.6. The molecule has 140 valence electrons. The van der Waals surface area contributed by atoms with Gasteiger partial charge in [-0.15, -0.1) is 0 Å². The summed E-state index contributed by atoms with van der Waals surface area (Å²) in [7, 11) is 1.53. The van der Waals surface area contributed by atoms with E-state index in [9.17, 15) is 9.59 Å². The van der Waals surface area contributed by atoms with Crippen LogP contribution in [0.4, 0.5) is 0 Å². The monoisotopic (exact) mass is 364 g/mol. The molecule has 2 rings (SSSR count). The van der Waals surface area contributed by atoms with Gasteiger partial charge in [0.15, 0.2) is 5.78 Å². The second-order valence-corrected chi connectivity index (χ2v) is 6.03. The van der Waals surface area contributed by atoms with Gasteiger partial charge in [-0.1, -0.05) is 44.2 Å². The Kier molecular flexibility index (Phi) is 7.56. The zero-order valence-corrected chi connectivity index (χ0v) is 15.7. The van der Waals surface area contributed by atoms with Crippen molar-refractivity contribution in [3.05, 3.63) is 77.9 Å². The Morgan fingerprint density at radius 2 is 1.85 bits per heavy atom. The first-order valence-electron chi connectivity index (χ1n) is 8.91. The number of unbranched alkanes of at least 4 members (excludes halogenated alkanes) is 1. The van der Waals surface area contributed by atoms with Crippen LogP contribution in [0.5, 0.6) is 11.5 Å². The number of benzene rings is 2. The van der Waals surface area contributed by atoms with Gasteiger partial charge in [-0.05, 0) is 42.7 Å². The average Bonchev–Trinajstić information content (AvgIpc) is 2.71. The minimum absolute atomic E-state index is 0.117. The van der Waals surface area contributed by atoms with Crippen molar-refractivity contribution < 1.29 is 19.1 Å². The third-order valence-electron chi connectivity index (χ3n) is 4.07. The van der Waals surface area contributed by atoms with E-state index < -0.39 is 5.97 Å². The van der Waals surface area contributed by atoms with Gasteiger partial charge in [0.05, 0.1) is 7.11 Å². The minimum Gasteiger partial charge on any atom is -0.497 e. The highest BCUT2D eigenvalue weighted by Crippen LogP contribution is 2.26. The summed E-state index contributed by atoms with van der Waals surface area (Å²) in [6, 6.07) is 12.7. The number of rotatable bonds is 9. The third kappa shape index (κ3) is 5.96. The number of aryl methyl sites for hydroxylation is 1. The second kappa shape index (κ2) is 10.1. The van der Waals surface area contributed by atoms with Crippen LogP contribution in [0.2, 0.25) is 0 Å². The van der Waals surface area contributed by atoms with Crippen molar-refractivity contribution >= 4 is 17.8 Å². The summed E-state index contributed by atoms with van der Waals surface area (Å²) in [5, 5.41) is 0. The molecule has 0 heterocycles. The van der Waals surface area contributed by atoms with Crippen LogP contribution in [0, 0.1) is 0 Å². The topological polar surface area (TPSA) is 52.6 Å². The first kappa shape index (κ1) is 20.2. The van der Waals surface area contributed by atoms with Crippen LogP contribution in [0.3, 0.4) is 0 Å². The first-order valence-corrected chi connectivity index (χ1v) is 8.91. The predicted octanol–water partition coefficient (Wildman–Crippen LogP) is 5.03. The van der Waals surface area contributed by atoms with E-state index in [-0.39, 0.29) is 5.78 Å². The van der Waals surface area contributed by atoms with E-state index in [1.54, 1.807) is 24.3 Å². The highest BCUT2D eigenvalue weighted by Gasteiger charge is 2.08. The molecule has 0 bridgehead atoms. The molecule has 4 heteroatoms. The third-order valence-corrected chi connectivity index (χ3v) is 4.07. The maximum absolute atomic E-state index is 12.4. The number of hydrogen-bond donors (Lipinski definition) is 0. The van der Waals surface area contributed by atoms with E-state index in [1.165, 1.54) is 18.7 Å². The average molecular weight is 364 g/mol. The summed E-state index contributed by atoms with van der Waals surface area (Å²) in [5.41, 5.74) is 2.44. The lowest BCUT2D eigenvalue weighted by Crippen LogP contribution is -2.04. The van der Waals surface area contributed by atoms with Crippen molar-refractivity contribution in [1.29, 1.82) is 0 Å². The minimum atomic E-state index is -0.577. The fourth-order valence-corrected chi connectivity index (χ4v) is 2.50. The lowest BCUT2D eigenvalue weighted by molar-refractivity contribution is -0.128. The molecule has 0 atom stereocenters. The summed E-state index contributed by atoms with van der Waals surface area (Å²) in [4.78, 5) is 23.9. The molecule has 4 nitrogen and oxygen atoms in total. The van der Waals surface area contributed by atoms with Gasteiger partial charge < -0.3 is 9.47 Å². The first-order chi connectivity index (χ1) is 13.1. The van der Waals surface area contributed by atoms with Gasteiger partial charge in [0.25, 0.3) is 0 Å². The standard InChI is InChI=1S/C23H24O4/c1-4-6-7-17-8-10-18(11-9-17)21(24)15-13-19-12-14-20(26-3)16-22(19)27-23(25)5-2/h5,8-16H,2,4,6-7H2,1,3H3. The van der Waals surface area contributed by atoms with Crippen molar-refractivity contribution in [2.24, 2.45) is 0 Å². The van der Waals surface area contributed by atoms with Crippen LogP contribution in [0.25, 0.3) is 6.08 Å². The molecule has 0 amide bonds. The molecule has 0 aliphatic rings. The van der Waals surface area contributed by atoms with Gasteiger partial charge in [-0.25, -0.2) is 4.79 Å². The van der Waals surface area contributed by atoms with E-state index in [0.29, 0.717) is 22.6 Å². The molecule has 0 saturated carbocycles. The Morgan fingerprint density at radius 1 is 1.11 bits per heavy atom. The van der Waals surface area contributed by atoms with Gasteiger partial charge >= 0.3 is 5.97 Å². The van der Waals surface area contributed by atoms with Crippen molar-refractivity contribution in [3.8, 4) is 11.5 Å².